The largest absolute Gasteiger partial charge is 0.481 e. The Labute approximate surface area is 162 Å². The van der Waals surface area contributed by atoms with Gasteiger partial charge < -0.3 is 14.6 Å². The van der Waals surface area contributed by atoms with Crippen molar-refractivity contribution in [2.24, 2.45) is 5.41 Å². The lowest BCUT2D eigenvalue weighted by Crippen LogP contribution is -2.44. The molecule has 1 N–H and O–H groups in total. The van der Waals surface area contributed by atoms with Crippen LogP contribution >= 0.6 is 12.6 Å². The first kappa shape index (κ1) is 18.3. The summed E-state index contributed by atoms with van der Waals surface area (Å²) in [6.07, 6.45) is 2.84. The number of fused-ring (bicyclic) bond motifs is 2. The molecule has 2 aromatic carbocycles. The van der Waals surface area contributed by atoms with Crippen LogP contribution < -0.4 is 4.74 Å². The Morgan fingerprint density at radius 3 is 2.11 bits per heavy atom. The number of carboxylic acid groups (broad SMARTS) is 1. The Morgan fingerprint density at radius 2 is 1.59 bits per heavy atom. The molecule has 0 aromatic heterocycles. The number of rotatable bonds is 5. The Kier molecular flexibility index (Phi) is 4.86. The first-order valence-electron chi connectivity index (χ1n) is 9.06. The zero-order valence-corrected chi connectivity index (χ0v) is 15.6. The van der Waals surface area contributed by atoms with Crippen molar-refractivity contribution in [3.05, 3.63) is 59.9 Å². The average Bonchev–Trinajstić information content (AvgIpc) is 3.01. The van der Waals surface area contributed by atoms with Gasteiger partial charge in [-0.15, -0.1) is 0 Å². The second-order valence-corrected chi connectivity index (χ2v) is 7.87. The number of thiol groups is 1. The molecule has 27 heavy (non-hydrogen) atoms. The van der Waals surface area contributed by atoms with Crippen molar-refractivity contribution in [1.29, 1.82) is 0 Å². The standard InChI is InChI=1S/C21H21FO4S/c22-14-3-7-16(8-4-14)25-15-5-1-13(2-6-15)19(27)21(20(23)24)11-17-9-10-18(12-21)26-17/h1-8,17-19,27H,9-12H2,(H,23,24). The third kappa shape index (κ3) is 3.56. The van der Waals surface area contributed by atoms with E-state index in [1.165, 1.54) is 12.1 Å². The molecule has 4 rings (SSSR count). The fourth-order valence-electron chi connectivity index (χ4n) is 4.17. The van der Waals surface area contributed by atoms with Gasteiger partial charge in [0, 0.05) is 5.25 Å². The van der Waals surface area contributed by atoms with Crippen molar-refractivity contribution in [3.63, 3.8) is 0 Å². The Morgan fingerprint density at radius 1 is 1.07 bits per heavy atom. The van der Waals surface area contributed by atoms with Gasteiger partial charge >= 0.3 is 5.97 Å². The van der Waals surface area contributed by atoms with Crippen molar-refractivity contribution in [2.45, 2.75) is 43.1 Å². The van der Waals surface area contributed by atoms with Gasteiger partial charge in [-0.3, -0.25) is 4.79 Å². The molecule has 2 aromatic rings. The molecule has 2 fully saturated rings. The minimum atomic E-state index is -0.924. The number of halogens is 1. The molecule has 2 saturated heterocycles. The van der Waals surface area contributed by atoms with E-state index in [0.29, 0.717) is 24.3 Å². The summed E-state index contributed by atoms with van der Waals surface area (Å²) in [7, 11) is 0. The number of carbonyl (C=O) groups is 1. The summed E-state index contributed by atoms with van der Waals surface area (Å²) in [4.78, 5) is 12.2. The second kappa shape index (κ2) is 7.17. The maximum Gasteiger partial charge on any atom is 0.311 e. The summed E-state index contributed by atoms with van der Waals surface area (Å²) in [5.41, 5.74) is -0.0829. The predicted molar refractivity (Wildman–Crippen MR) is 102 cm³/mol. The summed E-state index contributed by atoms with van der Waals surface area (Å²) in [6.45, 7) is 0. The van der Waals surface area contributed by atoms with Crippen LogP contribution in [-0.2, 0) is 9.53 Å². The molecular formula is C21H21FO4S. The van der Waals surface area contributed by atoms with Crippen LogP contribution in [-0.4, -0.2) is 23.3 Å². The van der Waals surface area contributed by atoms with Crippen molar-refractivity contribution in [2.75, 3.05) is 0 Å². The van der Waals surface area contributed by atoms with Crippen molar-refractivity contribution in [1.82, 2.24) is 0 Å². The fraction of sp³-hybridized carbons (Fsp3) is 0.381. The van der Waals surface area contributed by atoms with Gasteiger partial charge in [0.1, 0.15) is 17.3 Å². The molecule has 0 radical (unpaired) electrons. The molecule has 0 amide bonds. The zero-order valence-electron chi connectivity index (χ0n) is 14.7. The lowest BCUT2D eigenvalue weighted by molar-refractivity contribution is -0.160. The van der Waals surface area contributed by atoms with E-state index in [2.05, 4.69) is 0 Å². The van der Waals surface area contributed by atoms with Gasteiger partial charge in [-0.05, 0) is 67.6 Å². The molecule has 3 atom stereocenters. The molecule has 4 nitrogen and oxygen atoms in total. The van der Waals surface area contributed by atoms with Gasteiger partial charge in [0.2, 0.25) is 0 Å². The fourth-order valence-corrected chi connectivity index (χ4v) is 4.66. The highest BCUT2D eigenvalue weighted by Crippen LogP contribution is 2.53. The highest BCUT2D eigenvalue weighted by molar-refractivity contribution is 7.80. The molecular weight excluding hydrogens is 367 g/mol. The molecule has 142 valence electrons. The van der Waals surface area contributed by atoms with E-state index in [1.54, 1.807) is 24.3 Å². The lowest BCUT2D eigenvalue weighted by atomic mass is 9.72. The number of aliphatic carboxylic acids is 1. The summed E-state index contributed by atoms with van der Waals surface area (Å²) < 4.78 is 24.5. The highest BCUT2D eigenvalue weighted by Gasteiger charge is 2.53. The molecule has 0 spiro atoms. The zero-order chi connectivity index (χ0) is 19.0. The Hall–Kier alpha value is -2.05. The van der Waals surface area contributed by atoms with Crippen LogP contribution in [0.15, 0.2) is 48.5 Å². The monoisotopic (exact) mass is 388 g/mol. The third-order valence-corrected chi connectivity index (χ3v) is 6.37. The normalized spacial score (nSPS) is 27.9. The van der Waals surface area contributed by atoms with E-state index < -0.39 is 16.6 Å². The van der Waals surface area contributed by atoms with Gasteiger partial charge in [-0.1, -0.05) is 12.1 Å². The smallest absolute Gasteiger partial charge is 0.311 e. The van der Waals surface area contributed by atoms with Crippen LogP contribution in [0.5, 0.6) is 11.5 Å². The van der Waals surface area contributed by atoms with Gasteiger partial charge in [-0.25, -0.2) is 4.39 Å². The van der Waals surface area contributed by atoms with Crippen LogP contribution in [0.4, 0.5) is 4.39 Å². The SMILES string of the molecule is O=C(O)C1(C(S)c2ccc(Oc3ccc(F)cc3)cc2)CC2CCC(C1)O2. The van der Waals surface area contributed by atoms with Gasteiger partial charge in [0.15, 0.2) is 0 Å². The Bertz CT molecular complexity index is 809. The maximum absolute atomic E-state index is 13.0. The van der Waals surface area contributed by atoms with E-state index in [1.807, 2.05) is 12.1 Å². The highest BCUT2D eigenvalue weighted by atomic mass is 32.1. The van der Waals surface area contributed by atoms with Gasteiger partial charge in [0.25, 0.3) is 0 Å². The molecule has 3 unspecified atom stereocenters. The molecule has 2 bridgehead atoms. The number of benzene rings is 2. The molecule has 2 aliphatic rings. The molecule has 0 aliphatic carbocycles. The molecule has 6 heteroatoms. The van der Waals surface area contributed by atoms with Crippen LogP contribution in [0.3, 0.4) is 0 Å². The lowest BCUT2D eigenvalue weighted by Gasteiger charge is -2.41. The summed E-state index contributed by atoms with van der Waals surface area (Å²) in [5, 5.41) is 9.57. The van der Waals surface area contributed by atoms with E-state index in [4.69, 9.17) is 22.1 Å². The number of carboxylic acids is 1. The van der Waals surface area contributed by atoms with E-state index in [0.717, 1.165) is 18.4 Å². The molecule has 2 heterocycles. The van der Waals surface area contributed by atoms with Crippen molar-refractivity contribution < 1.29 is 23.8 Å². The summed E-state index contributed by atoms with van der Waals surface area (Å²) in [5.74, 6) is 0.00578. The first-order chi connectivity index (χ1) is 13.0. The van der Waals surface area contributed by atoms with Crippen LogP contribution in [0.25, 0.3) is 0 Å². The van der Waals surface area contributed by atoms with Crippen LogP contribution in [0.1, 0.15) is 36.5 Å². The third-order valence-electron chi connectivity index (χ3n) is 5.57. The minimum Gasteiger partial charge on any atom is -0.481 e. The van der Waals surface area contributed by atoms with Crippen LogP contribution in [0.2, 0.25) is 0 Å². The number of hydrogen-bond donors (Lipinski definition) is 2. The Balaban J connectivity index is 1.53. The minimum absolute atomic E-state index is 0.00980. The summed E-state index contributed by atoms with van der Waals surface area (Å²) in [6, 6.07) is 13.0. The van der Waals surface area contributed by atoms with Gasteiger partial charge in [-0.2, -0.15) is 12.6 Å². The molecule has 2 aliphatic heterocycles. The number of hydrogen-bond acceptors (Lipinski definition) is 4. The van der Waals surface area contributed by atoms with Crippen molar-refractivity contribution >= 4 is 18.6 Å². The average molecular weight is 388 g/mol. The quantitative estimate of drug-likeness (QED) is 0.708. The van der Waals surface area contributed by atoms with E-state index in [-0.39, 0.29) is 18.0 Å². The number of ether oxygens (including phenoxy) is 2. The summed E-state index contributed by atoms with van der Waals surface area (Å²) >= 11 is 4.72. The molecule has 0 saturated carbocycles. The predicted octanol–water partition coefficient (Wildman–Crippen LogP) is 5.00. The van der Waals surface area contributed by atoms with E-state index >= 15 is 0 Å². The van der Waals surface area contributed by atoms with Crippen LogP contribution in [0, 0.1) is 11.2 Å². The topological polar surface area (TPSA) is 55.8 Å². The first-order valence-corrected chi connectivity index (χ1v) is 9.58. The van der Waals surface area contributed by atoms with Crippen molar-refractivity contribution in [3.8, 4) is 11.5 Å². The van der Waals surface area contributed by atoms with E-state index in [9.17, 15) is 14.3 Å². The maximum atomic E-state index is 13.0. The van der Waals surface area contributed by atoms with Gasteiger partial charge in [0.05, 0.1) is 17.6 Å². The second-order valence-electron chi connectivity index (χ2n) is 7.35.